The highest BCUT2D eigenvalue weighted by Gasteiger charge is 2.17. The number of nitrogens with zero attached hydrogens (tertiary/aromatic N) is 3. The van der Waals surface area contributed by atoms with Gasteiger partial charge in [0.25, 0.3) is 5.91 Å². The molecule has 0 aliphatic heterocycles. The van der Waals surface area contributed by atoms with Gasteiger partial charge in [0.1, 0.15) is 0 Å². The van der Waals surface area contributed by atoms with Crippen LogP contribution in [-0.4, -0.2) is 41.4 Å². The zero-order valence-corrected chi connectivity index (χ0v) is 16.5. The molecule has 0 atom stereocenters. The molecule has 28 heavy (non-hydrogen) atoms. The quantitative estimate of drug-likeness (QED) is 0.682. The van der Waals surface area contributed by atoms with Crippen LogP contribution in [0.2, 0.25) is 0 Å². The van der Waals surface area contributed by atoms with Crippen LogP contribution in [0.5, 0.6) is 11.5 Å². The van der Waals surface area contributed by atoms with Gasteiger partial charge in [-0.25, -0.2) is 9.67 Å². The molecule has 0 aliphatic carbocycles. The van der Waals surface area contributed by atoms with Gasteiger partial charge in [-0.2, -0.15) is 5.10 Å². The summed E-state index contributed by atoms with van der Waals surface area (Å²) in [5.74, 6) is 1.53. The molecule has 2 heterocycles. The topological polar surface area (TPSA) is 78.3 Å². The summed E-state index contributed by atoms with van der Waals surface area (Å²) in [6, 6.07) is 11.0. The molecule has 3 aromatic rings. The second-order valence-electron chi connectivity index (χ2n) is 6.30. The summed E-state index contributed by atoms with van der Waals surface area (Å²) in [5.41, 5.74) is 3.49. The van der Waals surface area contributed by atoms with Crippen LogP contribution in [0.25, 0.3) is 5.82 Å². The van der Waals surface area contributed by atoms with Crippen molar-refractivity contribution in [3.63, 3.8) is 0 Å². The first-order valence-corrected chi connectivity index (χ1v) is 9.02. The van der Waals surface area contributed by atoms with Crippen molar-refractivity contribution in [3.05, 3.63) is 65.1 Å². The monoisotopic (exact) mass is 380 g/mol. The largest absolute Gasteiger partial charge is 0.493 e. The number of nitrogens with one attached hydrogen (secondary N) is 1. The Bertz CT molecular complexity index is 967. The number of para-hydroxylation sites is 1. The first kappa shape index (κ1) is 19.4. The molecule has 0 radical (unpaired) electrons. The smallest absolute Gasteiger partial charge is 0.255 e. The molecule has 1 amide bonds. The molecule has 0 unspecified atom stereocenters. The number of carbonyl (C=O) groups is 1. The molecule has 1 aromatic carbocycles. The van der Waals surface area contributed by atoms with Crippen LogP contribution in [0, 0.1) is 13.8 Å². The van der Waals surface area contributed by atoms with Crippen LogP contribution in [0.1, 0.15) is 27.3 Å². The Morgan fingerprint density at radius 3 is 2.61 bits per heavy atom. The lowest BCUT2D eigenvalue weighted by molar-refractivity contribution is 0.0950. The van der Waals surface area contributed by atoms with E-state index in [4.69, 9.17) is 9.47 Å². The molecule has 0 aliphatic rings. The van der Waals surface area contributed by atoms with Crippen molar-refractivity contribution in [3.8, 4) is 17.3 Å². The van der Waals surface area contributed by atoms with Gasteiger partial charge in [0.2, 0.25) is 0 Å². The number of rotatable bonds is 7. The third-order valence-corrected chi connectivity index (χ3v) is 4.62. The second-order valence-corrected chi connectivity index (χ2v) is 6.30. The number of aromatic nitrogens is 3. The lowest BCUT2D eigenvalue weighted by atomic mass is 10.1. The molecule has 2 aromatic heterocycles. The van der Waals surface area contributed by atoms with Crippen LogP contribution in [0.4, 0.5) is 0 Å². The van der Waals surface area contributed by atoms with E-state index < -0.39 is 0 Å². The standard InChI is InChI=1S/C21H24N4O3/c1-14-16(15(2)25(24-14)19-10-5-6-12-22-19)11-13-23-21(26)17-8-7-9-18(27-3)20(17)28-4/h5-10,12H,11,13H2,1-4H3,(H,23,26). The van der Waals surface area contributed by atoms with E-state index in [9.17, 15) is 4.79 Å². The second kappa shape index (κ2) is 8.56. The Labute approximate surface area is 164 Å². The highest BCUT2D eigenvalue weighted by molar-refractivity contribution is 5.97. The summed E-state index contributed by atoms with van der Waals surface area (Å²) >= 11 is 0. The number of pyridine rings is 1. The number of amides is 1. The van der Waals surface area contributed by atoms with Crippen LogP contribution in [-0.2, 0) is 6.42 Å². The predicted molar refractivity (Wildman–Crippen MR) is 106 cm³/mol. The average molecular weight is 380 g/mol. The molecule has 0 spiro atoms. The molecular formula is C21H24N4O3. The molecule has 0 saturated heterocycles. The Morgan fingerprint density at radius 2 is 1.93 bits per heavy atom. The summed E-state index contributed by atoms with van der Waals surface area (Å²) in [6.45, 7) is 4.46. The van der Waals surface area contributed by atoms with Crippen LogP contribution < -0.4 is 14.8 Å². The molecule has 1 N–H and O–H groups in total. The summed E-state index contributed by atoms with van der Waals surface area (Å²) in [7, 11) is 3.07. The highest BCUT2D eigenvalue weighted by atomic mass is 16.5. The van der Waals surface area contributed by atoms with Gasteiger partial charge in [-0.15, -0.1) is 0 Å². The van der Waals surface area contributed by atoms with Crippen molar-refractivity contribution >= 4 is 5.91 Å². The molecule has 3 rings (SSSR count). The van der Waals surface area contributed by atoms with Crippen molar-refractivity contribution in [1.82, 2.24) is 20.1 Å². The van der Waals surface area contributed by atoms with E-state index in [2.05, 4.69) is 15.4 Å². The number of methoxy groups -OCH3 is 2. The zero-order valence-electron chi connectivity index (χ0n) is 16.5. The number of carbonyl (C=O) groups excluding carboxylic acids is 1. The summed E-state index contributed by atoms with van der Waals surface area (Å²) in [5, 5.41) is 7.54. The van der Waals surface area contributed by atoms with Crippen molar-refractivity contribution in [2.75, 3.05) is 20.8 Å². The van der Waals surface area contributed by atoms with E-state index in [1.165, 1.54) is 7.11 Å². The Balaban J connectivity index is 1.71. The highest BCUT2D eigenvalue weighted by Crippen LogP contribution is 2.30. The van der Waals surface area contributed by atoms with Gasteiger partial charge in [-0.3, -0.25) is 4.79 Å². The summed E-state index contributed by atoms with van der Waals surface area (Å²) in [6.07, 6.45) is 2.41. The first-order chi connectivity index (χ1) is 13.6. The van der Waals surface area contributed by atoms with E-state index in [0.29, 0.717) is 30.0 Å². The van der Waals surface area contributed by atoms with Crippen LogP contribution in [0.3, 0.4) is 0 Å². The van der Waals surface area contributed by atoms with Gasteiger partial charge in [-0.1, -0.05) is 12.1 Å². The van der Waals surface area contributed by atoms with E-state index >= 15 is 0 Å². The fraction of sp³-hybridized carbons (Fsp3) is 0.286. The van der Waals surface area contributed by atoms with E-state index in [1.54, 1.807) is 31.5 Å². The molecule has 7 heteroatoms. The van der Waals surface area contributed by atoms with E-state index in [0.717, 1.165) is 22.8 Å². The summed E-state index contributed by atoms with van der Waals surface area (Å²) < 4.78 is 12.4. The van der Waals surface area contributed by atoms with Gasteiger partial charge < -0.3 is 14.8 Å². The van der Waals surface area contributed by atoms with Crippen molar-refractivity contribution < 1.29 is 14.3 Å². The first-order valence-electron chi connectivity index (χ1n) is 9.02. The number of benzene rings is 1. The van der Waals surface area contributed by atoms with Crippen molar-refractivity contribution in [2.24, 2.45) is 0 Å². The number of aryl methyl sites for hydroxylation is 1. The van der Waals surface area contributed by atoms with Gasteiger partial charge in [-0.05, 0) is 50.1 Å². The Hall–Kier alpha value is -3.35. The lowest BCUT2D eigenvalue weighted by Crippen LogP contribution is -2.26. The maximum atomic E-state index is 12.6. The van der Waals surface area contributed by atoms with Crippen molar-refractivity contribution in [1.29, 1.82) is 0 Å². The molecule has 7 nitrogen and oxygen atoms in total. The number of hydrogen-bond donors (Lipinski definition) is 1. The van der Waals surface area contributed by atoms with Gasteiger partial charge in [0.05, 0.1) is 25.5 Å². The van der Waals surface area contributed by atoms with E-state index in [-0.39, 0.29) is 5.91 Å². The fourth-order valence-electron chi connectivity index (χ4n) is 3.20. The van der Waals surface area contributed by atoms with Crippen molar-refractivity contribution in [2.45, 2.75) is 20.3 Å². The Kier molecular flexibility index (Phi) is 5.93. The van der Waals surface area contributed by atoms with Crippen LogP contribution in [0.15, 0.2) is 42.6 Å². The average Bonchev–Trinajstić information content (AvgIpc) is 3.01. The normalized spacial score (nSPS) is 10.6. The maximum Gasteiger partial charge on any atom is 0.255 e. The molecule has 0 bridgehead atoms. The molecule has 0 fully saturated rings. The third-order valence-electron chi connectivity index (χ3n) is 4.62. The van der Waals surface area contributed by atoms with Gasteiger partial charge in [0, 0.05) is 18.4 Å². The predicted octanol–water partition coefficient (Wildman–Crippen LogP) is 2.87. The van der Waals surface area contributed by atoms with E-state index in [1.807, 2.05) is 36.7 Å². The third kappa shape index (κ3) is 3.83. The minimum absolute atomic E-state index is 0.205. The fourth-order valence-corrected chi connectivity index (χ4v) is 3.20. The molecule has 0 saturated carbocycles. The minimum Gasteiger partial charge on any atom is -0.493 e. The molecule has 146 valence electrons. The Morgan fingerprint density at radius 1 is 1.11 bits per heavy atom. The van der Waals surface area contributed by atoms with Gasteiger partial charge >= 0.3 is 0 Å². The zero-order chi connectivity index (χ0) is 20.1. The lowest BCUT2D eigenvalue weighted by Gasteiger charge is -2.12. The SMILES string of the molecule is COc1cccc(C(=O)NCCc2c(C)nn(-c3ccccn3)c2C)c1OC. The summed E-state index contributed by atoms with van der Waals surface area (Å²) in [4.78, 5) is 17.0. The minimum atomic E-state index is -0.205. The number of hydrogen-bond acceptors (Lipinski definition) is 5. The number of ether oxygens (including phenoxy) is 2. The maximum absolute atomic E-state index is 12.6. The van der Waals surface area contributed by atoms with Crippen LogP contribution >= 0.6 is 0 Å². The molecular weight excluding hydrogens is 356 g/mol. The van der Waals surface area contributed by atoms with Gasteiger partial charge in [0.15, 0.2) is 17.3 Å².